The highest BCUT2D eigenvalue weighted by molar-refractivity contribution is 5.20. The van der Waals surface area contributed by atoms with Crippen LogP contribution in [0.2, 0.25) is 0 Å². The minimum absolute atomic E-state index is 0.190. The summed E-state index contributed by atoms with van der Waals surface area (Å²) < 4.78 is 23.7. The molecule has 0 spiro atoms. The van der Waals surface area contributed by atoms with Gasteiger partial charge in [-0.2, -0.15) is 0 Å². The highest BCUT2D eigenvalue weighted by atomic mass is 19.1. The average molecular weight is 297 g/mol. The summed E-state index contributed by atoms with van der Waals surface area (Å²) in [6.45, 7) is 7.31. The molecule has 1 rings (SSSR count). The molecule has 0 saturated heterocycles. The molecule has 3 nitrogen and oxygen atoms in total. The number of ether oxygens (including phenoxy) is 2. The maximum atomic E-state index is 13.0. The van der Waals surface area contributed by atoms with E-state index in [9.17, 15) is 4.39 Å². The lowest BCUT2D eigenvalue weighted by Crippen LogP contribution is -2.28. The lowest BCUT2D eigenvalue weighted by atomic mass is 9.95. The molecule has 0 bridgehead atoms. The van der Waals surface area contributed by atoms with Crippen molar-refractivity contribution in [1.82, 2.24) is 5.32 Å². The third-order valence-corrected chi connectivity index (χ3v) is 3.36. The lowest BCUT2D eigenvalue weighted by molar-refractivity contribution is 0.0979. The van der Waals surface area contributed by atoms with Gasteiger partial charge in [-0.15, -0.1) is 0 Å². The van der Waals surface area contributed by atoms with Gasteiger partial charge in [0, 0.05) is 39.5 Å². The molecule has 1 unspecified atom stereocenters. The average Bonchev–Trinajstić information content (AvgIpc) is 2.46. The standard InChI is InChI=1S/C17H28FNO2/c1-14(2)19-13-16(9-12-21-11-4-10-20-3)15-5-7-17(18)8-6-15/h5-8,14,16,19H,4,9-13H2,1-3H3. The zero-order valence-electron chi connectivity index (χ0n) is 13.4. The second-order valence-electron chi connectivity index (χ2n) is 5.56. The zero-order valence-corrected chi connectivity index (χ0v) is 13.4. The largest absolute Gasteiger partial charge is 0.385 e. The van der Waals surface area contributed by atoms with Crippen molar-refractivity contribution in [1.29, 1.82) is 0 Å². The molecule has 0 saturated carbocycles. The molecule has 0 aromatic heterocycles. The molecular weight excluding hydrogens is 269 g/mol. The predicted molar refractivity (Wildman–Crippen MR) is 84.2 cm³/mol. The smallest absolute Gasteiger partial charge is 0.123 e. The Kier molecular flexibility index (Phi) is 9.22. The van der Waals surface area contributed by atoms with Crippen molar-refractivity contribution in [3.63, 3.8) is 0 Å². The summed E-state index contributed by atoms with van der Waals surface area (Å²) in [4.78, 5) is 0. The molecular formula is C17H28FNO2. The van der Waals surface area contributed by atoms with Crippen LogP contribution in [0, 0.1) is 5.82 Å². The van der Waals surface area contributed by atoms with Gasteiger partial charge in [0.05, 0.1) is 0 Å². The molecule has 120 valence electrons. The van der Waals surface area contributed by atoms with Gasteiger partial charge in [-0.3, -0.25) is 0 Å². The van der Waals surface area contributed by atoms with Crippen LogP contribution in [-0.2, 0) is 9.47 Å². The van der Waals surface area contributed by atoms with Crippen LogP contribution >= 0.6 is 0 Å². The lowest BCUT2D eigenvalue weighted by Gasteiger charge is -2.20. The van der Waals surface area contributed by atoms with Crippen LogP contribution < -0.4 is 5.32 Å². The monoisotopic (exact) mass is 297 g/mol. The van der Waals surface area contributed by atoms with Gasteiger partial charge >= 0.3 is 0 Å². The number of hydrogen-bond acceptors (Lipinski definition) is 3. The molecule has 1 aromatic carbocycles. The number of benzene rings is 1. The molecule has 1 atom stereocenters. The topological polar surface area (TPSA) is 30.5 Å². The first kappa shape index (κ1) is 18.1. The third kappa shape index (κ3) is 8.15. The quantitative estimate of drug-likeness (QED) is 0.635. The van der Waals surface area contributed by atoms with Gasteiger partial charge < -0.3 is 14.8 Å². The van der Waals surface area contributed by atoms with Gasteiger partial charge in [-0.05, 0) is 36.5 Å². The molecule has 0 aliphatic carbocycles. The van der Waals surface area contributed by atoms with Gasteiger partial charge in [0.25, 0.3) is 0 Å². The van der Waals surface area contributed by atoms with Crippen molar-refractivity contribution < 1.29 is 13.9 Å². The van der Waals surface area contributed by atoms with E-state index in [1.165, 1.54) is 12.1 Å². The summed E-state index contributed by atoms with van der Waals surface area (Å²) >= 11 is 0. The molecule has 1 N–H and O–H groups in total. The second kappa shape index (κ2) is 10.7. The fraction of sp³-hybridized carbons (Fsp3) is 0.647. The third-order valence-electron chi connectivity index (χ3n) is 3.36. The first-order valence-corrected chi connectivity index (χ1v) is 7.69. The van der Waals surface area contributed by atoms with E-state index in [1.807, 2.05) is 12.1 Å². The van der Waals surface area contributed by atoms with E-state index < -0.39 is 0 Å². The Balaban J connectivity index is 2.42. The number of hydrogen-bond donors (Lipinski definition) is 1. The van der Waals surface area contributed by atoms with Gasteiger partial charge in [-0.25, -0.2) is 4.39 Å². The van der Waals surface area contributed by atoms with E-state index in [0.29, 0.717) is 18.6 Å². The van der Waals surface area contributed by atoms with Gasteiger partial charge in [-0.1, -0.05) is 26.0 Å². The van der Waals surface area contributed by atoms with Crippen LogP contribution in [0.25, 0.3) is 0 Å². The van der Waals surface area contributed by atoms with Crippen LogP contribution in [0.3, 0.4) is 0 Å². The number of halogens is 1. The summed E-state index contributed by atoms with van der Waals surface area (Å²) in [6.07, 6.45) is 1.85. The molecule has 21 heavy (non-hydrogen) atoms. The Hall–Kier alpha value is -0.970. The summed E-state index contributed by atoms with van der Waals surface area (Å²) in [5.74, 6) is 0.153. The first-order chi connectivity index (χ1) is 10.1. The fourth-order valence-electron chi connectivity index (χ4n) is 2.13. The number of nitrogens with one attached hydrogen (secondary N) is 1. The normalized spacial score (nSPS) is 12.8. The minimum atomic E-state index is -0.190. The number of rotatable bonds is 11. The summed E-state index contributed by atoms with van der Waals surface area (Å²) in [7, 11) is 1.70. The minimum Gasteiger partial charge on any atom is -0.385 e. The summed E-state index contributed by atoms with van der Waals surface area (Å²) in [5, 5.41) is 3.45. The Bertz CT molecular complexity index is 368. The van der Waals surface area contributed by atoms with E-state index >= 15 is 0 Å². The van der Waals surface area contributed by atoms with Gasteiger partial charge in [0.1, 0.15) is 5.82 Å². The van der Waals surface area contributed by atoms with Crippen molar-refractivity contribution in [2.24, 2.45) is 0 Å². The van der Waals surface area contributed by atoms with E-state index in [-0.39, 0.29) is 5.82 Å². The summed E-state index contributed by atoms with van der Waals surface area (Å²) in [6, 6.07) is 7.23. The Labute approximate surface area is 127 Å². The van der Waals surface area contributed by atoms with Crippen molar-refractivity contribution in [3.05, 3.63) is 35.6 Å². The van der Waals surface area contributed by atoms with Crippen LogP contribution in [-0.4, -0.2) is 39.5 Å². The molecule has 0 fully saturated rings. The van der Waals surface area contributed by atoms with Crippen molar-refractivity contribution in [3.8, 4) is 0 Å². The zero-order chi connectivity index (χ0) is 15.5. The molecule has 1 aromatic rings. The van der Waals surface area contributed by atoms with Crippen molar-refractivity contribution in [2.45, 2.75) is 38.6 Å². The van der Waals surface area contributed by atoms with Crippen LogP contribution in [0.1, 0.15) is 38.2 Å². The van der Waals surface area contributed by atoms with E-state index in [2.05, 4.69) is 19.2 Å². The molecule has 4 heteroatoms. The molecule has 0 aliphatic heterocycles. The maximum absolute atomic E-state index is 13.0. The highest BCUT2D eigenvalue weighted by Gasteiger charge is 2.12. The second-order valence-corrected chi connectivity index (χ2v) is 5.56. The molecule has 0 aliphatic rings. The Morgan fingerprint density at radius 3 is 2.43 bits per heavy atom. The molecule has 0 radical (unpaired) electrons. The van der Waals surface area contributed by atoms with Gasteiger partial charge in [0.15, 0.2) is 0 Å². The van der Waals surface area contributed by atoms with E-state index in [4.69, 9.17) is 9.47 Å². The van der Waals surface area contributed by atoms with Crippen molar-refractivity contribution >= 4 is 0 Å². The first-order valence-electron chi connectivity index (χ1n) is 7.69. The maximum Gasteiger partial charge on any atom is 0.123 e. The van der Waals surface area contributed by atoms with E-state index in [0.717, 1.165) is 38.2 Å². The SMILES string of the molecule is COCCCOCCC(CNC(C)C)c1ccc(F)cc1. The van der Waals surface area contributed by atoms with Crippen LogP contribution in [0.5, 0.6) is 0 Å². The van der Waals surface area contributed by atoms with E-state index in [1.54, 1.807) is 7.11 Å². The van der Waals surface area contributed by atoms with Gasteiger partial charge in [0.2, 0.25) is 0 Å². The predicted octanol–water partition coefficient (Wildman–Crippen LogP) is 3.35. The Morgan fingerprint density at radius 1 is 1.10 bits per heavy atom. The molecule has 0 heterocycles. The Morgan fingerprint density at radius 2 is 1.81 bits per heavy atom. The number of methoxy groups -OCH3 is 1. The molecule has 0 amide bonds. The van der Waals surface area contributed by atoms with Crippen molar-refractivity contribution in [2.75, 3.05) is 33.5 Å². The fourth-order valence-corrected chi connectivity index (χ4v) is 2.13. The van der Waals surface area contributed by atoms with Crippen LogP contribution in [0.15, 0.2) is 24.3 Å². The highest BCUT2D eigenvalue weighted by Crippen LogP contribution is 2.19. The summed E-state index contributed by atoms with van der Waals surface area (Å²) in [5.41, 5.74) is 1.16. The van der Waals surface area contributed by atoms with Crippen LogP contribution in [0.4, 0.5) is 4.39 Å².